The number of nitrogens with zero attached hydrogens (tertiary/aromatic N) is 1. The van der Waals surface area contributed by atoms with Crippen LogP contribution in [0.2, 0.25) is 0 Å². The third kappa shape index (κ3) is 1.35. The van der Waals surface area contributed by atoms with E-state index in [1.54, 1.807) is 0 Å². The van der Waals surface area contributed by atoms with Crippen molar-refractivity contribution in [3.63, 3.8) is 0 Å². The van der Waals surface area contributed by atoms with Gasteiger partial charge in [0.2, 0.25) is 0 Å². The van der Waals surface area contributed by atoms with Crippen LogP contribution in [-0.4, -0.2) is 25.1 Å². The lowest BCUT2D eigenvalue weighted by molar-refractivity contribution is 0.376. The standard InChI is InChI=1S/C5H10NS/c1-7-4-5-2-6-3-5/h5H,2-4H2,1H3. The maximum absolute atomic E-state index is 4.10. The molecule has 0 amide bonds. The van der Waals surface area contributed by atoms with Crippen LogP contribution in [-0.2, 0) is 0 Å². The monoisotopic (exact) mass is 116 g/mol. The Bertz CT molecular complexity index is 52.0. The summed E-state index contributed by atoms with van der Waals surface area (Å²) in [5.74, 6) is 2.23. The van der Waals surface area contributed by atoms with E-state index in [0.717, 1.165) is 19.0 Å². The van der Waals surface area contributed by atoms with Crippen molar-refractivity contribution in [1.82, 2.24) is 5.32 Å². The average Bonchev–Trinajstić information content (AvgIpc) is 1.55. The summed E-state index contributed by atoms with van der Waals surface area (Å²) in [5.41, 5.74) is 0. The summed E-state index contributed by atoms with van der Waals surface area (Å²) < 4.78 is 0. The normalized spacial score (nSPS) is 21.9. The lowest BCUT2D eigenvalue weighted by atomic mass is 10.1. The van der Waals surface area contributed by atoms with Gasteiger partial charge in [-0.15, -0.1) is 0 Å². The van der Waals surface area contributed by atoms with Crippen LogP contribution in [0.4, 0.5) is 0 Å². The van der Waals surface area contributed by atoms with Gasteiger partial charge in [-0.25, -0.2) is 5.32 Å². The number of hydrogen-bond donors (Lipinski definition) is 0. The molecule has 41 valence electrons. The van der Waals surface area contributed by atoms with E-state index in [1.165, 1.54) is 5.75 Å². The molecule has 0 atom stereocenters. The van der Waals surface area contributed by atoms with Gasteiger partial charge in [-0.3, -0.25) is 0 Å². The fraction of sp³-hybridized carbons (Fsp3) is 1.00. The fourth-order valence-corrected chi connectivity index (χ4v) is 1.34. The van der Waals surface area contributed by atoms with Crippen LogP contribution < -0.4 is 5.32 Å². The van der Waals surface area contributed by atoms with E-state index in [4.69, 9.17) is 0 Å². The third-order valence-electron chi connectivity index (χ3n) is 1.18. The van der Waals surface area contributed by atoms with E-state index in [0.29, 0.717) is 0 Å². The average molecular weight is 116 g/mol. The molecule has 0 aromatic carbocycles. The number of rotatable bonds is 2. The second kappa shape index (κ2) is 2.58. The van der Waals surface area contributed by atoms with E-state index < -0.39 is 0 Å². The molecule has 1 radical (unpaired) electrons. The summed E-state index contributed by atoms with van der Waals surface area (Å²) in [6.07, 6.45) is 2.15. The first-order valence-corrected chi connectivity index (χ1v) is 3.95. The molecular formula is C5H10NS. The quantitative estimate of drug-likeness (QED) is 0.515. The van der Waals surface area contributed by atoms with Crippen molar-refractivity contribution in [2.75, 3.05) is 25.1 Å². The SMILES string of the molecule is CSCC1C[N]C1. The van der Waals surface area contributed by atoms with Crippen molar-refractivity contribution >= 4 is 11.8 Å². The largest absolute Gasteiger partial charge is 0.241 e. The van der Waals surface area contributed by atoms with Crippen LogP contribution >= 0.6 is 11.8 Å². The zero-order chi connectivity index (χ0) is 5.11. The van der Waals surface area contributed by atoms with Gasteiger partial charge >= 0.3 is 0 Å². The smallest absolute Gasteiger partial charge is 0.0182 e. The fourth-order valence-electron chi connectivity index (χ4n) is 0.653. The molecule has 0 spiro atoms. The molecule has 1 heterocycles. The molecule has 1 aliphatic heterocycles. The Balaban J connectivity index is 1.93. The first kappa shape index (κ1) is 5.45. The van der Waals surface area contributed by atoms with Gasteiger partial charge in [0.1, 0.15) is 0 Å². The molecule has 1 aliphatic rings. The van der Waals surface area contributed by atoms with Gasteiger partial charge in [-0.1, -0.05) is 0 Å². The van der Waals surface area contributed by atoms with Gasteiger partial charge in [0.05, 0.1) is 0 Å². The van der Waals surface area contributed by atoms with Crippen molar-refractivity contribution in [1.29, 1.82) is 0 Å². The van der Waals surface area contributed by atoms with Crippen LogP contribution in [0.25, 0.3) is 0 Å². The topological polar surface area (TPSA) is 14.1 Å². The maximum Gasteiger partial charge on any atom is 0.0182 e. The van der Waals surface area contributed by atoms with E-state index in [1.807, 2.05) is 11.8 Å². The van der Waals surface area contributed by atoms with Crippen molar-refractivity contribution in [2.24, 2.45) is 5.92 Å². The van der Waals surface area contributed by atoms with Crippen LogP contribution in [0.15, 0.2) is 0 Å². The molecule has 0 bridgehead atoms. The van der Waals surface area contributed by atoms with E-state index in [2.05, 4.69) is 11.6 Å². The van der Waals surface area contributed by atoms with Gasteiger partial charge < -0.3 is 0 Å². The Morgan fingerprint density at radius 3 is 2.57 bits per heavy atom. The van der Waals surface area contributed by atoms with Crippen LogP contribution in [0.1, 0.15) is 0 Å². The molecule has 0 saturated carbocycles. The van der Waals surface area contributed by atoms with Crippen molar-refractivity contribution in [3.05, 3.63) is 0 Å². The Morgan fingerprint density at radius 1 is 1.71 bits per heavy atom. The minimum absolute atomic E-state index is 0.926. The Hall–Kier alpha value is 0.310. The highest BCUT2D eigenvalue weighted by atomic mass is 32.2. The highest BCUT2D eigenvalue weighted by molar-refractivity contribution is 7.98. The molecule has 1 nitrogen and oxygen atoms in total. The summed E-state index contributed by atoms with van der Waals surface area (Å²) in [5, 5.41) is 4.10. The summed E-state index contributed by atoms with van der Waals surface area (Å²) in [4.78, 5) is 0. The zero-order valence-corrected chi connectivity index (χ0v) is 5.37. The molecular weight excluding hydrogens is 106 g/mol. The predicted octanol–water partition coefficient (Wildman–Crippen LogP) is 0.584. The van der Waals surface area contributed by atoms with Crippen LogP contribution in [0.3, 0.4) is 0 Å². The van der Waals surface area contributed by atoms with E-state index in [9.17, 15) is 0 Å². The second-order valence-corrected chi connectivity index (χ2v) is 2.82. The summed E-state index contributed by atoms with van der Waals surface area (Å²) in [6.45, 7) is 2.25. The minimum atomic E-state index is 0.926. The van der Waals surface area contributed by atoms with Gasteiger partial charge in [0.15, 0.2) is 0 Å². The third-order valence-corrected chi connectivity index (χ3v) is 1.98. The molecule has 0 aromatic heterocycles. The number of hydrogen-bond acceptors (Lipinski definition) is 1. The first-order chi connectivity index (χ1) is 3.43. The van der Waals surface area contributed by atoms with Crippen molar-refractivity contribution in [2.45, 2.75) is 0 Å². The molecule has 0 unspecified atom stereocenters. The van der Waals surface area contributed by atoms with E-state index in [-0.39, 0.29) is 0 Å². The summed E-state index contributed by atoms with van der Waals surface area (Å²) >= 11 is 1.93. The van der Waals surface area contributed by atoms with Crippen LogP contribution in [0.5, 0.6) is 0 Å². The molecule has 1 saturated heterocycles. The second-order valence-electron chi connectivity index (χ2n) is 1.91. The van der Waals surface area contributed by atoms with Gasteiger partial charge in [-0.05, 0) is 17.9 Å². The Morgan fingerprint density at radius 2 is 2.43 bits per heavy atom. The minimum Gasteiger partial charge on any atom is -0.241 e. The molecule has 0 N–H and O–H groups in total. The van der Waals surface area contributed by atoms with E-state index >= 15 is 0 Å². The summed E-state index contributed by atoms with van der Waals surface area (Å²) in [7, 11) is 0. The zero-order valence-electron chi connectivity index (χ0n) is 4.55. The van der Waals surface area contributed by atoms with Crippen molar-refractivity contribution in [3.8, 4) is 0 Å². The van der Waals surface area contributed by atoms with Gasteiger partial charge in [0, 0.05) is 13.1 Å². The summed E-state index contributed by atoms with van der Waals surface area (Å²) in [6, 6.07) is 0. The number of thioether (sulfide) groups is 1. The first-order valence-electron chi connectivity index (χ1n) is 2.55. The lowest BCUT2D eigenvalue weighted by Gasteiger charge is -2.23. The molecule has 0 aliphatic carbocycles. The van der Waals surface area contributed by atoms with Gasteiger partial charge in [-0.2, -0.15) is 11.8 Å². The van der Waals surface area contributed by atoms with Crippen molar-refractivity contribution < 1.29 is 0 Å². The van der Waals surface area contributed by atoms with Gasteiger partial charge in [0.25, 0.3) is 0 Å². The lowest BCUT2D eigenvalue weighted by Crippen LogP contribution is -2.37. The molecule has 7 heavy (non-hydrogen) atoms. The Kier molecular flexibility index (Phi) is 2.00. The highest BCUT2D eigenvalue weighted by Crippen LogP contribution is 2.09. The molecule has 0 aromatic rings. The molecule has 1 rings (SSSR count). The maximum atomic E-state index is 4.10. The molecule has 1 fully saturated rings. The Labute approximate surface area is 48.9 Å². The predicted molar refractivity (Wildman–Crippen MR) is 33.7 cm³/mol. The van der Waals surface area contributed by atoms with Crippen LogP contribution in [0, 0.1) is 5.92 Å². The molecule has 2 heteroatoms. The highest BCUT2D eigenvalue weighted by Gasteiger charge is 2.16.